The number of benzene rings is 2. The molecule has 1 fully saturated rings. The first-order valence-electron chi connectivity index (χ1n) is 9.79. The van der Waals surface area contributed by atoms with Crippen molar-refractivity contribution in [2.45, 2.75) is 30.6 Å². The van der Waals surface area contributed by atoms with E-state index in [2.05, 4.69) is 15.4 Å². The molecule has 7 nitrogen and oxygen atoms in total. The lowest BCUT2D eigenvalue weighted by atomic mass is 10.1. The maximum Gasteiger partial charge on any atom is 0.251 e. The summed E-state index contributed by atoms with van der Waals surface area (Å²) in [4.78, 5) is 24.2. The van der Waals surface area contributed by atoms with Crippen LogP contribution >= 0.6 is 0 Å². The zero-order valence-electron chi connectivity index (χ0n) is 16.4. The van der Waals surface area contributed by atoms with E-state index in [-0.39, 0.29) is 35.7 Å². The minimum Gasteiger partial charge on any atom is -0.351 e. The molecule has 1 saturated carbocycles. The van der Waals surface area contributed by atoms with E-state index in [1.165, 1.54) is 12.1 Å². The van der Waals surface area contributed by atoms with Gasteiger partial charge in [-0.25, -0.2) is 17.5 Å². The molecule has 0 aliphatic heterocycles. The smallest absolute Gasteiger partial charge is 0.251 e. The zero-order valence-corrected chi connectivity index (χ0v) is 17.2. The van der Waals surface area contributed by atoms with Crippen LogP contribution in [0.5, 0.6) is 0 Å². The summed E-state index contributed by atoms with van der Waals surface area (Å²) in [7, 11) is -3.85. The Balaban J connectivity index is 1.45. The summed E-state index contributed by atoms with van der Waals surface area (Å²) in [6.07, 6.45) is 3.98. The van der Waals surface area contributed by atoms with E-state index in [1.54, 1.807) is 24.3 Å². The third kappa shape index (κ3) is 5.87. The fourth-order valence-electron chi connectivity index (χ4n) is 3.32. The van der Waals surface area contributed by atoms with Crippen molar-refractivity contribution >= 4 is 27.5 Å². The van der Waals surface area contributed by atoms with Gasteiger partial charge in [-0.3, -0.25) is 9.59 Å². The molecule has 0 bridgehead atoms. The Morgan fingerprint density at radius 1 is 1.00 bits per heavy atom. The molecule has 30 heavy (non-hydrogen) atoms. The maximum atomic E-state index is 13.2. The number of hydrogen-bond donors (Lipinski definition) is 3. The topological polar surface area (TPSA) is 104 Å². The number of halogens is 1. The van der Waals surface area contributed by atoms with Crippen molar-refractivity contribution in [2.24, 2.45) is 5.92 Å². The van der Waals surface area contributed by atoms with Crippen LogP contribution in [0.15, 0.2) is 53.4 Å². The monoisotopic (exact) mass is 433 g/mol. The number of hydrogen-bond acceptors (Lipinski definition) is 4. The third-order valence-corrected chi connectivity index (χ3v) is 6.41. The van der Waals surface area contributed by atoms with E-state index in [0.717, 1.165) is 37.8 Å². The molecule has 2 aromatic carbocycles. The highest BCUT2D eigenvalue weighted by molar-refractivity contribution is 7.89. The van der Waals surface area contributed by atoms with Crippen LogP contribution in [0.3, 0.4) is 0 Å². The fraction of sp³-hybridized carbons (Fsp3) is 0.333. The molecule has 9 heteroatoms. The summed E-state index contributed by atoms with van der Waals surface area (Å²) in [5.74, 6) is -0.943. The van der Waals surface area contributed by atoms with Gasteiger partial charge in [0.2, 0.25) is 15.9 Å². The van der Waals surface area contributed by atoms with Crippen molar-refractivity contribution in [2.75, 3.05) is 18.4 Å². The van der Waals surface area contributed by atoms with Crippen LogP contribution in [-0.2, 0) is 14.8 Å². The lowest BCUT2D eigenvalue weighted by Gasteiger charge is -2.11. The van der Waals surface area contributed by atoms with Crippen molar-refractivity contribution < 1.29 is 22.4 Å². The number of nitrogens with one attached hydrogen (secondary N) is 3. The molecule has 2 amide bonds. The van der Waals surface area contributed by atoms with Crippen molar-refractivity contribution in [1.29, 1.82) is 0 Å². The predicted octanol–water partition coefficient (Wildman–Crippen LogP) is 2.66. The van der Waals surface area contributed by atoms with Crippen LogP contribution in [0.2, 0.25) is 0 Å². The van der Waals surface area contributed by atoms with Gasteiger partial charge in [0.25, 0.3) is 5.91 Å². The van der Waals surface area contributed by atoms with Crippen LogP contribution in [-0.4, -0.2) is 33.3 Å². The Labute approximate surface area is 175 Å². The van der Waals surface area contributed by atoms with E-state index in [1.807, 2.05) is 0 Å². The first-order valence-corrected chi connectivity index (χ1v) is 11.3. The number of carbonyl (C=O) groups is 2. The Kier molecular flexibility index (Phi) is 7.17. The minimum absolute atomic E-state index is 0.00952. The average molecular weight is 434 g/mol. The van der Waals surface area contributed by atoms with Gasteiger partial charge in [-0.1, -0.05) is 18.9 Å². The quantitative estimate of drug-likeness (QED) is 0.557. The van der Waals surface area contributed by atoms with Gasteiger partial charge in [-0.15, -0.1) is 0 Å². The summed E-state index contributed by atoms with van der Waals surface area (Å²) in [6, 6.07) is 11.2. The molecular formula is C21H24FN3O4S. The van der Waals surface area contributed by atoms with Gasteiger partial charge in [0, 0.05) is 30.3 Å². The van der Waals surface area contributed by atoms with E-state index >= 15 is 0 Å². The van der Waals surface area contributed by atoms with E-state index in [0.29, 0.717) is 11.3 Å². The molecule has 1 aliphatic rings. The maximum absolute atomic E-state index is 13.2. The predicted molar refractivity (Wildman–Crippen MR) is 111 cm³/mol. The van der Waals surface area contributed by atoms with E-state index in [9.17, 15) is 22.4 Å². The molecule has 0 atom stereocenters. The van der Waals surface area contributed by atoms with Crippen molar-refractivity contribution in [1.82, 2.24) is 10.0 Å². The normalized spacial score (nSPS) is 14.4. The van der Waals surface area contributed by atoms with Crippen molar-refractivity contribution in [3.8, 4) is 0 Å². The largest absolute Gasteiger partial charge is 0.351 e. The molecule has 0 aromatic heterocycles. The van der Waals surface area contributed by atoms with Crippen LogP contribution in [0.4, 0.5) is 10.1 Å². The summed E-state index contributed by atoms with van der Waals surface area (Å²) < 4.78 is 39.7. The van der Waals surface area contributed by atoms with Gasteiger partial charge in [0.05, 0.1) is 4.90 Å². The third-order valence-electron chi connectivity index (χ3n) is 4.95. The number of sulfonamides is 1. The lowest BCUT2D eigenvalue weighted by Crippen LogP contribution is -2.34. The minimum atomic E-state index is -3.85. The molecule has 160 valence electrons. The van der Waals surface area contributed by atoms with Crippen LogP contribution < -0.4 is 15.4 Å². The Morgan fingerprint density at radius 3 is 2.37 bits per heavy atom. The van der Waals surface area contributed by atoms with Crippen molar-refractivity contribution in [3.05, 3.63) is 59.9 Å². The van der Waals surface area contributed by atoms with Gasteiger partial charge < -0.3 is 10.6 Å². The molecule has 0 radical (unpaired) electrons. The van der Waals surface area contributed by atoms with Crippen LogP contribution in [0, 0.1) is 11.7 Å². The van der Waals surface area contributed by atoms with Crippen molar-refractivity contribution in [3.63, 3.8) is 0 Å². The Hall–Kier alpha value is -2.78. The van der Waals surface area contributed by atoms with Crippen LogP contribution in [0.25, 0.3) is 0 Å². The summed E-state index contributed by atoms with van der Waals surface area (Å²) in [5.41, 5.74) is 1.02. The number of rotatable bonds is 8. The number of amides is 2. The highest BCUT2D eigenvalue weighted by Gasteiger charge is 2.22. The average Bonchev–Trinajstić information content (AvgIpc) is 3.27. The first-order chi connectivity index (χ1) is 14.3. The summed E-state index contributed by atoms with van der Waals surface area (Å²) in [6.45, 7) is 0.0215. The Bertz CT molecular complexity index is 1000. The van der Waals surface area contributed by atoms with Gasteiger partial charge in [-0.05, 0) is 55.3 Å². The molecule has 0 heterocycles. The second-order valence-corrected chi connectivity index (χ2v) is 8.93. The molecule has 0 saturated heterocycles. The SMILES string of the molecule is O=C(NCCNS(=O)(=O)c1cccc(F)c1)c1ccc(NC(=O)C2CCCC2)cc1. The van der Waals surface area contributed by atoms with E-state index in [4.69, 9.17) is 0 Å². The molecule has 0 unspecified atom stereocenters. The lowest BCUT2D eigenvalue weighted by molar-refractivity contribution is -0.119. The highest BCUT2D eigenvalue weighted by Crippen LogP contribution is 2.26. The summed E-state index contributed by atoms with van der Waals surface area (Å²) >= 11 is 0. The van der Waals surface area contributed by atoms with Gasteiger partial charge in [0.1, 0.15) is 5.82 Å². The van der Waals surface area contributed by atoms with Gasteiger partial charge in [0.15, 0.2) is 0 Å². The number of anilines is 1. The fourth-order valence-corrected chi connectivity index (χ4v) is 4.38. The molecular weight excluding hydrogens is 409 g/mol. The molecule has 3 N–H and O–H groups in total. The van der Waals surface area contributed by atoms with Gasteiger partial charge in [-0.2, -0.15) is 0 Å². The second-order valence-electron chi connectivity index (χ2n) is 7.16. The molecule has 3 rings (SSSR count). The van der Waals surface area contributed by atoms with E-state index < -0.39 is 15.8 Å². The Morgan fingerprint density at radius 2 is 1.70 bits per heavy atom. The molecule has 0 spiro atoms. The standard InChI is InChI=1S/C21H24FN3O4S/c22-17-6-3-7-19(14-17)30(28,29)24-13-12-23-20(26)16-8-10-18(11-9-16)25-21(27)15-4-1-2-5-15/h3,6-11,14-15,24H,1-2,4-5,12-13H2,(H,23,26)(H,25,27). The zero-order chi connectivity index (χ0) is 21.6. The van der Waals surface area contributed by atoms with Gasteiger partial charge >= 0.3 is 0 Å². The highest BCUT2D eigenvalue weighted by atomic mass is 32.2. The molecule has 1 aliphatic carbocycles. The van der Waals surface area contributed by atoms with Crippen LogP contribution in [0.1, 0.15) is 36.0 Å². The summed E-state index contributed by atoms with van der Waals surface area (Å²) in [5, 5.41) is 5.48. The second kappa shape index (κ2) is 9.82. The first kappa shape index (κ1) is 21.9. The number of carbonyl (C=O) groups excluding carboxylic acids is 2. The molecule has 2 aromatic rings.